The number of hydrogen-bond acceptors (Lipinski definition) is 4. The second-order valence-electron chi connectivity index (χ2n) is 6.19. The molecule has 0 aromatic heterocycles. The van der Waals surface area contributed by atoms with Gasteiger partial charge in [0.2, 0.25) is 15.9 Å². The Labute approximate surface area is 150 Å². The average molecular weight is 376 g/mol. The molecule has 6 nitrogen and oxygen atoms in total. The van der Waals surface area contributed by atoms with E-state index in [0.29, 0.717) is 11.6 Å². The summed E-state index contributed by atoms with van der Waals surface area (Å²) >= 11 is 0. The fourth-order valence-electron chi connectivity index (χ4n) is 2.79. The van der Waals surface area contributed by atoms with Crippen molar-refractivity contribution in [2.75, 3.05) is 20.6 Å². The molecule has 0 unspecified atom stereocenters. The lowest BCUT2D eigenvalue weighted by atomic mass is 9.92. The Bertz CT molecular complexity index is 664. The third kappa shape index (κ3) is 4.92. The normalized spacial score (nSPS) is 21.2. The van der Waals surface area contributed by atoms with Crippen LogP contribution in [0, 0.1) is 5.92 Å². The molecule has 0 aliphatic carbocycles. The highest BCUT2D eigenvalue weighted by atomic mass is 35.5. The van der Waals surface area contributed by atoms with Crippen molar-refractivity contribution >= 4 is 28.3 Å². The van der Waals surface area contributed by atoms with Gasteiger partial charge in [0.1, 0.15) is 0 Å². The summed E-state index contributed by atoms with van der Waals surface area (Å²) < 4.78 is 25.9. The molecule has 2 atom stereocenters. The molecule has 1 saturated heterocycles. The van der Waals surface area contributed by atoms with Crippen molar-refractivity contribution in [3.8, 4) is 0 Å². The zero-order valence-corrected chi connectivity index (χ0v) is 15.9. The van der Waals surface area contributed by atoms with Crippen LogP contribution in [-0.4, -0.2) is 45.3 Å². The Morgan fingerprint density at radius 2 is 2.00 bits per heavy atom. The lowest BCUT2D eigenvalue weighted by Crippen LogP contribution is -2.42. The van der Waals surface area contributed by atoms with Gasteiger partial charge in [-0.05, 0) is 37.9 Å². The van der Waals surface area contributed by atoms with Crippen LogP contribution in [-0.2, 0) is 21.4 Å². The van der Waals surface area contributed by atoms with E-state index in [4.69, 9.17) is 0 Å². The van der Waals surface area contributed by atoms with Crippen molar-refractivity contribution < 1.29 is 13.2 Å². The van der Waals surface area contributed by atoms with E-state index >= 15 is 0 Å². The van der Waals surface area contributed by atoms with Gasteiger partial charge in [-0.15, -0.1) is 12.4 Å². The first-order valence-corrected chi connectivity index (χ1v) is 9.28. The number of carbonyl (C=O) groups is 1. The summed E-state index contributed by atoms with van der Waals surface area (Å²) in [6, 6.07) is 7.12. The highest BCUT2D eigenvalue weighted by molar-refractivity contribution is 7.89. The van der Waals surface area contributed by atoms with Gasteiger partial charge < -0.3 is 10.6 Å². The third-order valence-corrected chi connectivity index (χ3v) is 6.09. The van der Waals surface area contributed by atoms with E-state index in [1.54, 1.807) is 24.3 Å². The lowest BCUT2D eigenvalue weighted by molar-refractivity contribution is -0.126. The zero-order chi connectivity index (χ0) is 17.0. The summed E-state index contributed by atoms with van der Waals surface area (Å²) in [5, 5.41) is 6.21. The molecule has 1 aliphatic rings. The zero-order valence-electron chi connectivity index (χ0n) is 14.3. The van der Waals surface area contributed by atoms with E-state index < -0.39 is 10.0 Å². The number of benzene rings is 1. The van der Waals surface area contributed by atoms with Crippen LogP contribution in [0.15, 0.2) is 29.2 Å². The molecule has 1 aliphatic heterocycles. The van der Waals surface area contributed by atoms with Crippen molar-refractivity contribution in [1.82, 2.24) is 14.9 Å². The summed E-state index contributed by atoms with van der Waals surface area (Å²) in [7, 11) is -0.515. The summed E-state index contributed by atoms with van der Waals surface area (Å²) in [5.74, 6) is -0.0146. The van der Waals surface area contributed by atoms with E-state index in [2.05, 4.69) is 17.6 Å². The predicted octanol–water partition coefficient (Wildman–Crippen LogP) is 1.36. The number of nitrogens with one attached hydrogen (secondary N) is 2. The first-order chi connectivity index (χ1) is 10.8. The van der Waals surface area contributed by atoms with Gasteiger partial charge in [0, 0.05) is 32.6 Å². The molecule has 0 bridgehead atoms. The molecule has 1 aromatic carbocycles. The summed E-state index contributed by atoms with van der Waals surface area (Å²) in [6.07, 6.45) is 1.62. The number of sulfonamides is 1. The van der Waals surface area contributed by atoms with Gasteiger partial charge in [-0.1, -0.05) is 18.2 Å². The Morgan fingerprint density at radius 1 is 1.33 bits per heavy atom. The lowest BCUT2D eigenvalue weighted by Gasteiger charge is -2.27. The van der Waals surface area contributed by atoms with Gasteiger partial charge in [-0.3, -0.25) is 4.79 Å². The van der Waals surface area contributed by atoms with Gasteiger partial charge in [-0.25, -0.2) is 12.7 Å². The summed E-state index contributed by atoms with van der Waals surface area (Å²) in [6.45, 7) is 3.13. The van der Waals surface area contributed by atoms with Gasteiger partial charge >= 0.3 is 0 Å². The molecule has 2 rings (SSSR count). The molecule has 24 heavy (non-hydrogen) atoms. The Balaban J connectivity index is 0.00000288. The highest BCUT2D eigenvalue weighted by Gasteiger charge is 2.25. The van der Waals surface area contributed by atoms with Crippen molar-refractivity contribution in [3.63, 3.8) is 0 Å². The van der Waals surface area contributed by atoms with E-state index in [1.165, 1.54) is 18.4 Å². The number of piperidine rings is 1. The number of carbonyl (C=O) groups excluding carboxylic acids is 1. The fourth-order valence-corrected chi connectivity index (χ4v) is 3.91. The molecule has 136 valence electrons. The first-order valence-electron chi connectivity index (χ1n) is 7.84. The second-order valence-corrected chi connectivity index (χ2v) is 8.31. The van der Waals surface area contributed by atoms with Gasteiger partial charge in [0.05, 0.1) is 4.90 Å². The fraction of sp³-hybridized carbons (Fsp3) is 0.562. The molecule has 1 amide bonds. The van der Waals surface area contributed by atoms with Crippen molar-refractivity contribution in [3.05, 3.63) is 29.8 Å². The van der Waals surface area contributed by atoms with Crippen LogP contribution < -0.4 is 10.6 Å². The predicted molar refractivity (Wildman–Crippen MR) is 96.6 cm³/mol. The molecule has 8 heteroatoms. The molecule has 2 N–H and O–H groups in total. The van der Waals surface area contributed by atoms with Gasteiger partial charge in [-0.2, -0.15) is 0 Å². The minimum Gasteiger partial charge on any atom is -0.352 e. The summed E-state index contributed by atoms with van der Waals surface area (Å²) in [4.78, 5) is 12.6. The Morgan fingerprint density at radius 3 is 2.62 bits per heavy atom. The first kappa shape index (κ1) is 20.9. The Kier molecular flexibility index (Phi) is 7.66. The van der Waals surface area contributed by atoms with E-state index in [0.717, 1.165) is 19.4 Å². The molecule has 0 spiro atoms. The average Bonchev–Trinajstić information content (AvgIpc) is 2.52. The maximum absolute atomic E-state index is 12.3. The molecule has 1 heterocycles. The van der Waals surface area contributed by atoms with Crippen LogP contribution in [0.2, 0.25) is 0 Å². The summed E-state index contributed by atoms with van der Waals surface area (Å²) in [5.41, 5.74) is 0.608. The largest absolute Gasteiger partial charge is 0.352 e. The minimum absolute atomic E-state index is 0. The van der Waals surface area contributed by atoms with Gasteiger partial charge in [0.25, 0.3) is 0 Å². The molecule has 1 fully saturated rings. The van der Waals surface area contributed by atoms with Crippen molar-refractivity contribution in [2.45, 2.75) is 37.2 Å². The topological polar surface area (TPSA) is 78.5 Å². The van der Waals surface area contributed by atoms with Crippen LogP contribution in [0.4, 0.5) is 0 Å². The van der Waals surface area contributed by atoms with E-state index in [9.17, 15) is 13.2 Å². The van der Waals surface area contributed by atoms with E-state index in [1.807, 2.05) is 0 Å². The number of nitrogens with zero attached hydrogens (tertiary/aromatic N) is 1. The number of rotatable bonds is 5. The van der Waals surface area contributed by atoms with E-state index in [-0.39, 0.29) is 35.7 Å². The van der Waals surface area contributed by atoms with Crippen LogP contribution in [0.3, 0.4) is 0 Å². The number of amides is 1. The monoisotopic (exact) mass is 375 g/mol. The van der Waals surface area contributed by atoms with Crippen molar-refractivity contribution in [1.29, 1.82) is 0 Å². The molecule has 1 aromatic rings. The molecule has 0 saturated carbocycles. The quantitative estimate of drug-likeness (QED) is 0.814. The number of halogens is 1. The van der Waals surface area contributed by atoms with Crippen LogP contribution in [0.25, 0.3) is 0 Å². The standard InChI is InChI=1S/C16H25N3O3S.ClH/c1-12-10-13(8-9-17-12)16(20)18-11-14-6-4-5-7-15(14)23(21,22)19(2)3;/h4-7,12-13,17H,8-11H2,1-3H3,(H,18,20);1H/t12-,13-;/m0./s1. The van der Waals surface area contributed by atoms with Crippen LogP contribution >= 0.6 is 12.4 Å². The number of hydrogen-bond donors (Lipinski definition) is 2. The smallest absolute Gasteiger partial charge is 0.242 e. The molecular formula is C16H26ClN3O3S. The van der Waals surface area contributed by atoms with Crippen molar-refractivity contribution in [2.24, 2.45) is 5.92 Å². The highest BCUT2D eigenvalue weighted by Crippen LogP contribution is 2.20. The second kappa shape index (κ2) is 8.80. The third-order valence-electron chi connectivity index (χ3n) is 4.18. The molecule has 0 radical (unpaired) electrons. The maximum atomic E-state index is 12.3. The maximum Gasteiger partial charge on any atom is 0.242 e. The van der Waals surface area contributed by atoms with Crippen LogP contribution in [0.1, 0.15) is 25.3 Å². The Hall–Kier alpha value is -1.15. The minimum atomic E-state index is -3.52. The van der Waals surface area contributed by atoms with Gasteiger partial charge in [0.15, 0.2) is 0 Å². The molecular weight excluding hydrogens is 350 g/mol. The van der Waals surface area contributed by atoms with Crippen LogP contribution in [0.5, 0.6) is 0 Å². The SMILES string of the molecule is C[C@H]1C[C@@H](C(=O)NCc2ccccc2S(=O)(=O)N(C)C)CCN1.Cl.